The number of hydrogen-bond acceptors (Lipinski definition) is 4. The third-order valence-electron chi connectivity index (χ3n) is 3.94. The number of nitrogens with one attached hydrogen (secondary N) is 1. The third kappa shape index (κ3) is 3.66. The number of nitrogens with zero attached hydrogens (tertiary/aromatic N) is 3. The Labute approximate surface area is 131 Å². The molecule has 0 radical (unpaired) electrons. The lowest BCUT2D eigenvalue weighted by atomic mass is 10.1. The minimum atomic E-state index is -0.0701. The number of amides is 1. The van der Waals surface area contributed by atoms with Crippen molar-refractivity contribution >= 4 is 23.3 Å². The van der Waals surface area contributed by atoms with Crippen molar-refractivity contribution in [2.45, 2.75) is 25.8 Å². The maximum atomic E-state index is 12.9. The largest absolute Gasteiger partial charge is 0.373 e. The Morgan fingerprint density at radius 3 is 2.90 bits per heavy atom. The van der Waals surface area contributed by atoms with Gasteiger partial charge in [-0.05, 0) is 38.6 Å². The van der Waals surface area contributed by atoms with E-state index in [1.807, 2.05) is 4.90 Å². The molecule has 0 saturated carbocycles. The van der Waals surface area contributed by atoms with Crippen LogP contribution in [-0.2, 0) is 0 Å². The van der Waals surface area contributed by atoms with Crippen LogP contribution in [0.15, 0.2) is 12.1 Å². The lowest BCUT2D eigenvalue weighted by Gasteiger charge is -2.30. The van der Waals surface area contributed by atoms with E-state index in [9.17, 15) is 4.79 Å². The van der Waals surface area contributed by atoms with Crippen molar-refractivity contribution in [3.63, 3.8) is 0 Å². The fourth-order valence-electron chi connectivity index (χ4n) is 2.73. The smallest absolute Gasteiger partial charge is 0.274 e. The van der Waals surface area contributed by atoms with Crippen LogP contribution in [-0.4, -0.2) is 60.5 Å². The number of carbonyl (C=O) groups is 1. The second-order valence-electron chi connectivity index (χ2n) is 5.45. The molecule has 1 N–H and O–H groups in total. The molecule has 2 rings (SSSR count). The van der Waals surface area contributed by atoms with E-state index in [0.717, 1.165) is 32.5 Å². The number of aromatic nitrogens is 1. The van der Waals surface area contributed by atoms with Crippen LogP contribution in [0.5, 0.6) is 0 Å². The van der Waals surface area contributed by atoms with Crippen LogP contribution in [0.1, 0.15) is 30.3 Å². The molecule has 5 nitrogen and oxygen atoms in total. The first-order valence-corrected chi connectivity index (χ1v) is 7.78. The fraction of sp³-hybridized carbons (Fsp3) is 0.600. The summed E-state index contributed by atoms with van der Waals surface area (Å²) in [4.78, 5) is 21.4. The van der Waals surface area contributed by atoms with Gasteiger partial charge in [0.15, 0.2) is 0 Å². The predicted octanol–water partition coefficient (Wildman–Crippen LogP) is 2.33. The molecule has 1 aliphatic rings. The normalized spacial score (nSPS) is 20.2. The molecule has 2 heterocycles. The first-order chi connectivity index (χ1) is 10.1. The van der Waals surface area contributed by atoms with Crippen LogP contribution in [0.4, 0.5) is 5.82 Å². The molecule has 6 heteroatoms. The highest BCUT2D eigenvalue weighted by molar-refractivity contribution is 6.33. The summed E-state index contributed by atoms with van der Waals surface area (Å²) in [5, 5.41) is 3.36. The van der Waals surface area contributed by atoms with Gasteiger partial charge in [-0.15, -0.1) is 0 Å². The Bertz CT molecular complexity index is 508. The van der Waals surface area contributed by atoms with Crippen LogP contribution in [0.25, 0.3) is 0 Å². The van der Waals surface area contributed by atoms with E-state index in [0.29, 0.717) is 16.5 Å². The Hall–Kier alpha value is -1.33. The maximum absolute atomic E-state index is 12.9. The van der Waals surface area contributed by atoms with E-state index in [2.05, 4.69) is 29.2 Å². The van der Waals surface area contributed by atoms with Crippen molar-refractivity contribution in [1.82, 2.24) is 14.8 Å². The average Bonchev–Trinajstić information content (AvgIpc) is 2.68. The number of anilines is 1. The van der Waals surface area contributed by atoms with E-state index >= 15 is 0 Å². The molecule has 0 aliphatic carbocycles. The number of hydrogen-bond donors (Lipinski definition) is 1. The third-order valence-corrected chi connectivity index (χ3v) is 4.24. The molecule has 0 bridgehead atoms. The molecular weight excluding hydrogens is 288 g/mol. The monoisotopic (exact) mass is 310 g/mol. The van der Waals surface area contributed by atoms with Crippen LogP contribution >= 0.6 is 11.6 Å². The molecule has 1 fully saturated rings. The zero-order valence-electron chi connectivity index (χ0n) is 12.9. The molecule has 1 saturated heterocycles. The van der Waals surface area contributed by atoms with Crippen LogP contribution in [0.3, 0.4) is 0 Å². The van der Waals surface area contributed by atoms with Crippen molar-refractivity contribution in [2.75, 3.05) is 39.0 Å². The number of pyridine rings is 1. The molecule has 116 valence electrons. The van der Waals surface area contributed by atoms with Gasteiger partial charge < -0.3 is 15.1 Å². The van der Waals surface area contributed by atoms with Gasteiger partial charge in [-0.2, -0.15) is 0 Å². The van der Waals surface area contributed by atoms with E-state index in [4.69, 9.17) is 11.6 Å². The Kier molecular flexibility index (Phi) is 5.42. The van der Waals surface area contributed by atoms with Crippen molar-refractivity contribution in [3.8, 4) is 0 Å². The average molecular weight is 311 g/mol. The van der Waals surface area contributed by atoms with Gasteiger partial charge in [0, 0.05) is 26.2 Å². The van der Waals surface area contributed by atoms with Gasteiger partial charge in [0.1, 0.15) is 11.5 Å². The minimum Gasteiger partial charge on any atom is -0.373 e. The van der Waals surface area contributed by atoms with Crippen LogP contribution in [0, 0.1) is 0 Å². The highest BCUT2D eigenvalue weighted by atomic mass is 35.5. The summed E-state index contributed by atoms with van der Waals surface area (Å²) in [6.07, 6.45) is 1.90. The predicted molar refractivity (Wildman–Crippen MR) is 86.0 cm³/mol. The van der Waals surface area contributed by atoms with Crippen LogP contribution in [0.2, 0.25) is 5.02 Å². The Morgan fingerprint density at radius 1 is 1.48 bits per heavy atom. The second kappa shape index (κ2) is 7.09. The minimum absolute atomic E-state index is 0.0701. The van der Waals surface area contributed by atoms with Gasteiger partial charge >= 0.3 is 0 Å². The fourth-order valence-corrected chi connectivity index (χ4v) is 2.91. The van der Waals surface area contributed by atoms with Gasteiger partial charge in [-0.25, -0.2) is 4.98 Å². The molecule has 0 spiro atoms. The molecule has 1 aromatic heterocycles. The van der Waals surface area contributed by atoms with Crippen molar-refractivity contribution < 1.29 is 4.79 Å². The summed E-state index contributed by atoms with van der Waals surface area (Å²) in [5.41, 5.74) is 0.339. The molecule has 21 heavy (non-hydrogen) atoms. The molecule has 0 aromatic carbocycles. The molecule has 1 atom stereocenters. The van der Waals surface area contributed by atoms with Gasteiger partial charge in [0.25, 0.3) is 5.91 Å². The zero-order valence-corrected chi connectivity index (χ0v) is 13.7. The highest BCUT2D eigenvalue weighted by Gasteiger charge is 2.28. The number of likely N-dealkylation sites (N-methyl/N-ethyl adjacent to an activating group) is 1. The number of carbonyl (C=O) groups excluding carboxylic acids is 1. The summed E-state index contributed by atoms with van der Waals surface area (Å²) < 4.78 is 0. The zero-order chi connectivity index (χ0) is 15.4. The van der Waals surface area contributed by atoms with Gasteiger partial charge in [0.05, 0.1) is 5.02 Å². The van der Waals surface area contributed by atoms with Crippen molar-refractivity contribution in [3.05, 3.63) is 22.8 Å². The standard InChI is InChI=1S/C15H23ClN4O/c1-4-11-10-19(3)8-5-9-20(11)15(21)14-12(16)6-7-13(17-2)18-14/h6-7,11H,4-5,8-10H2,1-3H3,(H,17,18). The van der Waals surface area contributed by atoms with Gasteiger partial charge in [-0.3, -0.25) is 4.79 Å². The highest BCUT2D eigenvalue weighted by Crippen LogP contribution is 2.21. The van der Waals surface area contributed by atoms with Gasteiger partial charge in [0.2, 0.25) is 0 Å². The van der Waals surface area contributed by atoms with Gasteiger partial charge in [-0.1, -0.05) is 18.5 Å². The van der Waals surface area contributed by atoms with Crippen LogP contribution < -0.4 is 5.32 Å². The molecule has 1 unspecified atom stereocenters. The number of rotatable bonds is 3. The topological polar surface area (TPSA) is 48.5 Å². The van der Waals surface area contributed by atoms with Crippen molar-refractivity contribution in [1.29, 1.82) is 0 Å². The summed E-state index contributed by atoms with van der Waals surface area (Å²) >= 11 is 6.18. The molecule has 1 amide bonds. The summed E-state index contributed by atoms with van der Waals surface area (Å²) in [7, 11) is 3.88. The van der Waals surface area contributed by atoms with E-state index in [1.165, 1.54) is 0 Å². The molecular formula is C15H23ClN4O. The first kappa shape index (κ1) is 16.0. The van der Waals surface area contributed by atoms with E-state index < -0.39 is 0 Å². The Balaban J connectivity index is 2.28. The molecule has 1 aromatic rings. The van der Waals surface area contributed by atoms with Crippen molar-refractivity contribution in [2.24, 2.45) is 0 Å². The summed E-state index contributed by atoms with van der Waals surface area (Å²) in [5.74, 6) is 0.585. The maximum Gasteiger partial charge on any atom is 0.274 e. The lowest BCUT2D eigenvalue weighted by molar-refractivity contribution is 0.0670. The Morgan fingerprint density at radius 2 is 2.24 bits per heavy atom. The second-order valence-corrected chi connectivity index (χ2v) is 5.86. The van der Waals surface area contributed by atoms with E-state index in [-0.39, 0.29) is 11.9 Å². The van der Waals surface area contributed by atoms with E-state index in [1.54, 1.807) is 19.2 Å². The lowest BCUT2D eigenvalue weighted by Crippen LogP contribution is -2.43. The SMILES string of the molecule is CCC1CN(C)CCCN1C(=O)c1nc(NC)ccc1Cl. The molecule has 1 aliphatic heterocycles. The first-order valence-electron chi connectivity index (χ1n) is 7.40. The number of halogens is 1. The quantitative estimate of drug-likeness (QED) is 0.931. The summed E-state index contributed by atoms with van der Waals surface area (Å²) in [6, 6.07) is 3.70. The summed E-state index contributed by atoms with van der Waals surface area (Å²) in [6.45, 7) is 4.77.